The normalized spacial score (nSPS) is 17.3. The van der Waals surface area contributed by atoms with Gasteiger partial charge in [0, 0.05) is 26.2 Å². The van der Waals surface area contributed by atoms with Gasteiger partial charge in [0.2, 0.25) is 15.9 Å². The molecule has 0 spiro atoms. The van der Waals surface area contributed by atoms with Crippen LogP contribution in [0, 0.1) is 11.3 Å². The molecule has 2 aromatic rings. The molecule has 0 aromatic heterocycles. The summed E-state index contributed by atoms with van der Waals surface area (Å²) >= 11 is 0. The first kappa shape index (κ1) is 23.4. The molecule has 1 atom stereocenters. The van der Waals surface area contributed by atoms with E-state index in [1.54, 1.807) is 0 Å². The van der Waals surface area contributed by atoms with E-state index in [4.69, 9.17) is 5.26 Å². The summed E-state index contributed by atoms with van der Waals surface area (Å²) in [6.45, 7) is 0.857. The Balaban J connectivity index is 1.86. The summed E-state index contributed by atoms with van der Waals surface area (Å²) in [7, 11) is -2.85. The summed E-state index contributed by atoms with van der Waals surface area (Å²) in [4.78, 5) is 26.3. The number of amides is 1. The lowest BCUT2D eigenvalue weighted by molar-refractivity contribution is -0.141. The molecular weight excluding hydrogens is 432 g/mol. The van der Waals surface area contributed by atoms with Crippen LogP contribution in [-0.2, 0) is 30.9 Å². The van der Waals surface area contributed by atoms with E-state index in [9.17, 15) is 18.0 Å². The van der Waals surface area contributed by atoms with E-state index >= 15 is 0 Å². The van der Waals surface area contributed by atoms with Crippen molar-refractivity contribution in [1.82, 2.24) is 14.5 Å². The monoisotopic (exact) mass is 456 g/mol. The molecule has 1 N–H and O–H groups in total. The van der Waals surface area contributed by atoms with Gasteiger partial charge < -0.3 is 10.1 Å². The molecule has 1 unspecified atom stereocenters. The lowest BCUT2D eigenvalue weighted by Crippen LogP contribution is -2.60. The highest BCUT2D eigenvalue weighted by Crippen LogP contribution is 2.23. The minimum atomic E-state index is -4.05. The Labute approximate surface area is 187 Å². The van der Waals surface area contributed by atoms with Crippen molar-refractivity contribution in [2.24, 2.45) is 0 Å². The third-order valence-electron chi connectivity index (χ3n) is 5.17. The van der Waals surface area contributed by atoms with Gasteiger partial charge in [-0.15, -0.1) is 0 Å². The summed E-state index contributed by atoms with van der Waals surface area (Å²) in [6, 6.07) is 16.2. The average Bonchev–Trinajstić information content (AvgIpc) is 2.82. The highest BCUT2D eigenvalue weighted by Gasteiger charge is 2.40. The molecular formula is C22H24N4O5S. The molecule has 168 valence electrons. The molecule has 1 aliphatic rings. The minimum Gasteiger partial charge on any atom is -0.468 e. The third kappa shape index (κ3) is 5.50. The second-order valence-electron chi connectivity index (χ2n) is 7.29. The van der Waals surface area contributed by atoms with Crippen LogP contribution >= 0.6 is 0 Å². The lowest BCUT2D eigenvalue weighted by atomic mass is 10.1. The number of nitriles is 1. The van der Waals surface area contributed by atoms with Crippen molar-refractivity contribution in [2.75, 3.05) is 33.3 Å². The maximum atomic E-state index is 13.4. The van der Waals surface area contributed by atoms with Crippen molar-refractivity contribution in [3.05, 3.63) is 65.7 Å². The molecule has 0 saturated carbocycles. The first-order valence-corrected chi connectivity index (χ1v) is 11.4. The largest absolute Gasteiger partial charge is 0.468 e. The van der Waals surface area contributed by atoms with E-state index in [0.717, 1.165) is 9.87 Å². The topological polar surface area (TPSA) is 120 Å². The molecule has 10 heteroatoms. The second-order valence-corrected chi connectivity index (χ2v) is 9.18. The fraction of sp³-hybridized carbons (Fsp3) is 0.318. The van der Waals surface area contributed by atoms with Gasteiger partial charge in [-0.1, -0.05) is 36.4 Å². The number of benzene rings is 2. The van der Waals surface area contributed by atoms with E-state index in [-0.39, 0.29) is 30.1 Å². The Morgan fingerprint density at radius 2 is 1.91 bits per heavy atom. The zero-order chi connectivity index (χ0) is 23.1. The molecule has 1 fully saturated rings. The molecule has 3 rings (SSSR count). The zero-order valence-corrected chi connectivity index (χ0v) is 18.4. The smallest absolute Gasteiger partial charge is 0.325 e. The Morgan fingerprint density at radius 3 is 2.59 bits per heavy atom. The van der Waals surface area contributed by atoms with Crippen LogP contribution < -0.4 is 5.32 Å². The van der Waals surface area contributed by atoms with Crippen molar-refractivity contribution >= 4 is 21.9 Å². The summed E-state index contributed by atoms with van der Waals surface area (Å²) in [6.07, 6.45) is 0. The van der Waals surface area contributed by atoms with Crippen LogP contribution in [-0.4, -0.2) is 68.8 Å². The lowest BCUT2D eigenvalue weighted by Gasteiger charge is -2.39. The van der Waals surface area contributed by atoms with Gasteiger partial charge in [0.1, 0.15) is 12.6 Å². The number of ether oxygens (including phenoxy) is 1. The average molecular weight is 457 g/mol. The van der Waals surface area contributed by atoms with Crippen LogP contribution in [0.4, 0.5) is 0 Å². The molecule has 1 aliphatic heterocycles. The SMILES string of the molecule is COC(=O)CNC(=O)C1CN(Cc2ccccc2)CCN1S(=O)(=O)c1cccc(C#N)c1. The van der Waals surface area contributed by atoms with Gasteiger partial charge in [-0.3, -0.25) is 14.5 Å². The van der Waals surface area contributed by atoms with Crippen LogP contribution in [0.25, 0.3) is 0 Å². The number of methoxy groups -OCH3 is 1. The van der Waals surface area contributed by atoms with Crippen LogP contribution in [0.1, 0.15) is 11.1 Å². The highest BCUT2D eigenvalue weighted by atomic mass is 32.2. The highest BCUT2D eigenvalue weighted by molar-refractivity contribution is 7.89. The fourth-order valence-corrected chi connectivity index (χ4v) is 5.14. The first-order chi connectivity index (χ1) is 15.3. The van der Waals surface area contributed by atoms with Gasteiger partial charge >= 0.3 is 5.97 Å². The van der Waals surface area contributed by atoms with E-state index in [1.807, 2.05) is 41.3 Å². The first-order valence-electron chi connectivity index (χ1n) is 9.98. The van der Waals surface area contributed by atoms with Crippen molar-refractivity contribution in [2.45, 2.75) is 17.5 Å². The number of hydrogen-bond donors (Lipinski definition) is 1. The van der Waals surface area contributed by atoms with Crippen molar-refractivity contribution in [3.63, 3.8) is 0 Å². The summed E-state index contributed by atoms with van der Waals surface area (Å²) < 4.78 is 32.4. The number of esters is 1. The quantitative estimate of drug-likeness (QED) is 0.610. The van der Waals surface area contributed by atoms with E-state index in [1.165, 1.54) is 31.4 Å². The number of nitrogens with one attached hydrogen (secondary N) is 1. The second kappa shape index (κ2) is 10.4. The Kier molecular flexibility index (Phi) is 7.58. The number of carbonyl (C=O) groups excluding carboxylic acids is 2. The minimum absolute atomic E-state index is 0.0566. The van der Waals surface area contributed by atoms with E-state index in [2.05, 4.69) is 10.1 Å². The van der Waals surface area contributed by atoms with E-state index < -0.39 is 27.9 Å². The van der Waals surface area contributed by atoms with Gasteiger partial charge in [-0.05, 0) is 23.8 Å². The maximum Gasteiger partial charge on any atom is 0.325 e. The zero-order valence-electron chi connectivity index (χ0n) is 17.6. The number of sulfonamides is 1. The van der Waals surface area contributed by atoms with Crippen LogP contribution in [0.15, 0.2) is 59.5 Å². The Morgan fingerprint density at radius 1 is 1.16 bits per heavy atom. The predicted octanol–water partition coefficient (Wildman–Crippen LogP) is 0.723. The van der Waals surface area contributed by atoms with Gasteiger partial charge in [-0.25, -0.2) is 8.42 Å². The third-order valence-corrected chi connectivity index (χ3v) is 7.08. The van der Waals surface area contributed by atoms with Crippen molar-refractivity contribution in [3.8, 4) is 6.07 Å². The molecule has 9 nitrogen and oxygen atoms in total. The van der Waals surface area contributed by atoms with Gasteiger partial charge in [0.15, 0.2) is 0 Å². The van der Waals surface area contributed by atoms with Gasteiger partial charge in [0.25, 0.3) is 0 Å². The summed E-state index contributed by atoms with van der Waals surface area (Å²) in [5, 5.41) is 11.6. The number of nitrogens with zero attached hydrogens (tertiary/aromatic N) is 3. The van der Waals surface area contributed by atoms with Crippen molar-refractivity contribution < 1.29 is 22.7 Å². The van der Waals surface area contributed by atoms with E-state index in [0.29, 0.717) is 13.1 Å². The number of carbonyl (C=O) groups is 2. The fourth-order valence-electron chi connectivity index (χ4n) is 3.52. The van der Waals surface area contributed by atoms with Crippen LogP contribution in [0.2, 0.25) is 0 Å². The molecule has 2 aromatic carbocycles. The molecule has 0 bridgehead atoms. The summed E-state index contributed by atoms with van der Waals surface area (Å²) in [5.74, 6) is -1.22. The predicted molar refractivity (Wildman–Crippen MR) is 116 cm³/mol. The molecule has 1 heterocycles. The van der Waals surface area contributed by atoms with Gasteiger partial charge in [-0.2, -0.15) is 9.57 Å². The number of rotatable bonds is 7. The standard InChI is InChI=1S/C22H24N4O5S/c1-31-21(27)14-24-22(28)20-16-25(15-17-6-3-2-4-7-17)10-11-26(20)32(29,30)19-9-5-8-18(12-19)13-23/h2-9,12,20H,10-11,14-16H2,1H3,(H,24,28). The van der Waals surface area contributed by atoms with Crippen LogP contribution in [0.5, 0.6) is 0 Å². The van der Waals surface area contributed by atoms with Crippen molar-refractivity contribution in [1.29, 1.82) is 5.26 Å². The number of piperazine rings is 1. The molecule has 32 heavy (non-hydrogen) atoms. The summed E-state index contributed by atoms with van der Waals surface area (Å²) in [5.41, 5.74) is 1.25. The maximum absolute atomic E-state index is 13.4. The molecule has 1 amide bonds. The molecule has 0 aliphatic carbocycles. The van der Waals surface area contributed by atoms with Gasteiger partial charge in [0.05, 0.1) is 23.6 Å². The Hall–Kier alpha value is -3.26. The molecule has 0 radical (unpaired) electrons. The Bertz CT molecular complexity index is 1110. The molecule has 1 saturated heterocycles. The number of hydrogen-bond acceptors (Lipinski definition) is 7. The van der Waals surface area contributed by atoms with Crippen LogP contribution in [0.3, 0.4) is 0 Å².